The lowest BCUT2D eigenvalue weighted by atomic mass is 10.2. The van der Waals surface area contributed by atoms with Gasteiger partial charge in [0.15, 0.2) is 0 Å². The lowest BCUT2D eigenvalue weighted by Gasteiger charge is -2.07. The van der Waals surface area contributed by atoms with E-state index >= 15 is 0 Å². The third-order valence-corrected chi connectivity index (χ3v) is 2.31. The van der Waals surface area contributed by atoms with Crippen molar-refractivity contribution in [1.82, 2.24) is 10.6 Å². The highest BCUT2D eigenvalue weighted by Gasteiger charge is 2.02. The summed E-state index contributed by atoms with van der Waals surface area (Å²) < 4.78 is 5.40. The predicted molar refractivity (Wildman–Crippen MR) is 70.4 cm³/mol. The monoisotopic (exact) mass is 266 g/mol. The summed E-state index contributed by atoms with van der Waals surface area (Å²) in [5.41, 5.74) is 0.224. The van der Waals surface area contributed by atoms with Gasteiger partial charge in [-0.3, -0.25) is 4.79 Å². The minimum Gasteiger partial charge on any atom is -0.492 e. The number of rotatable bonds is 8. The lowest BCUT2D eigenvalue weighted by molar-refractivity contribution is -0.120. The third-order valence-electron chi connectivity index (χ3n) is 2.31. The van der Waals surface area contributed by atoms with Crippen LogP contribution in [0, 0.1) is 0 Å². The number of carboxylic acid groups (broad SMARTS) is 1. The Morgan fingerprint density at radius 3 is 2.53 bits per heavy atom. The van der Waals surface area contributed by atoms with E-state index in [-0.39, 0.29) is 18.0 Å². The Balaban J connectivity index is 2.19. The Morgan fingerprint density at radius 1 is 1.26 bits per heavy atom. The summed E-state index contributed by atoms with van der Waals surface area (Å²) in [5, 5.41) is 14.3. The molecule has 0 aromatic heterocycles. The van der Waals surface area contributed by atoms with Crippen molar-refractivity contribution in [1.29, 1.82) is 0 Å². The van der Waals surface area contributed by atoms with Gasteiger partial charge in [0.1, 0.15) is 12.4 Å². The molecule has 6 nitrogen and oxygen atoms in total. The van der Waals surface area contributed by atoms with E-state index in [0.29, 0.717) is 25.4 Å². The van der Waals surface area contributed by atoms with Crippen LogP contribution in [0.2, 0.25) is 0 Å². The molecule has 0 saturated heterocycles. The Kier molecular flexibility index (Phi) is 6.38. The summed E-state index contributed by atoms with van der Waals surface area (Å²) in [6.45, 7) is 3.69. The fourth-order valence-corrected chi connectivity index (χ4v) is 1.40. The summed E-state index contributed by atoms with van der Waals surface area (Å²) in [5.74, 6) is -0.409. The average Bonchev–Trinajstić information content (AvgIpc) is 2.39. The zero-order valence-corrected chi connectivity index (χ0v) is 10.8. The largest absolute Gasteiger partial charge is 0.492 e. The standard InChI is InChI=1S/C13H18N2O4/c1-2-15-12(16)9-14-7-8-19-11-5-3-10(4-6-11)13(17)18/h3-6,14H,2,7-9H2,1H3,(H,15,16)(H,17,18). The fourth-order valence-electron chi connectivity index (χ4n) is 1.40. The first kappa shape index (κ1) is 15.0. The van der Waals surface area contributed by atoms with Gasteiger partial charge in [-0.05, 0) is 31.2 Å². The highest BCUT2D eigenvalue weighted by molar-refractivity contribution is 5.87. The quantitative estimate of drug-likeness (QED) is 0.596. The van der Waals surface area contributed by atoms with E-state index in [1.807, 2.05) is 6.92 Å². The van der Waals surface area contributed by atoms with Gasteiger partial charge in [0.25, 0.3) is 0 Å². The highest BCUT2D eigenvalue weighted by atomic mass is 16.5. The number of benzene rings is 1. The van der Waals surface area contributed by atoms with Crippen molar-refractivity contribution in [2.45, 2.75) is 6.92 Å². The molecule has 0 unspecified atom stereocenters. The van der Waals surface area contributed by atoms with Crippen molar-refractivity contribution in [3.8, 4) is 5.75 Å². The topological polar surface area (TPSA) is 87.7 Å². The van der Waals surface area contributed by atoms with Crippen LogP contribution in [0.1, 0.15) is 17.3 Å². The Labute approximate surface area is 111 Å². The third kappa shape index (κ3) is 5.87. The van der Waals surface area contributed by atoms with E-state index in [9.17, 15) is 9.59 Å². The number of hydrogen-bond acceptors (Lipinski definition) is 4. The SMILES string of the molecule is CCNC(=O)CNCCOc1ccc(C(=O)O)cc1. The molecule has 104 valence electrons. The Hall–Kier alpha value is -2.08. The Morgan fingerprint density at radius 2 is 1.95 bits per heavy atom. The van der Waals surface area contributed by atoms with Crippen molar-refractivity contribution in [2.24, 2.45) is 0 Å². The molecule has 1 aromatic carbocycles. The van der Waals surface area contributed by atoms with Crippen LogP contribution in [-0.2, 0) is 4.79 Å². The maximum Gasteiger partial charge on any atom is 0.335 e. The maximum atomic E-state index is 11.1. The highest BCUT2D eigenvalue weighted by Crippen LogP contribution is 2.11. The smallest absolute Gasteiger partial charge is 0.335 e. The zero-order valence-electron chi connectivity index (χ0n) is 10.8. The first-order chi connectivity index (χ1) is 9.13. The fraction of sp³-hybridized carbons (Fsp3) is 0.385. The van der Waals surface area contributed by atoms with Crippen LogP contribution in [0.5, 0.6) is 5.75 Å². The number of amides is 1. The van der Waals surface area contributed by atoms with Gasteiger partial charge < -0.3 is 20.5 Å². The molecular weight excluding hydrogens is 248 g/mol. The average molecular weight is 266 g/mol. The molecule has 1 rings (SSSR count). The van der Waals surface area contributed by atoms with Gasteiger partial charge in [0.2, 0.25) is 5.91 Å². The first-order valence-corrected chi connectivity index (χ1v) is 6.07. The number of hydrogen-bond donors (Lipinski definition) is 3. The van der Waals surface area contributed by atoms with Gasteiger partial charge in [-0.1, -0.05) is 0 Å². The van der Waals surface area contributed by atoms with E-state index in [1.54, 1.807) is 12.1 Å². The lowest BCUT2D eigenvalue weighted by Crippen LogP contribution is -2.35. The molecular formula is C13H18N2O4. The Bertz CT molecular complexity index is 417. The second kappa shape index (κ2) is 8.10. The zero-order chi connectivity index (χ0) is 14.1. The molecule has 0 atom stereocenters. The van der Waals surface area contributed by atoms with Crippen LogP contribution in [0.3, 0.4) is 0 Å². The molecule has 0 radical (unpaired) electrons. The van der Waals surface area contributed by atoms with E-state index in [0.717, 1.165) is 0 Å². The summed E-state index contributed by atoms with van der Waals surface area (Å²) in [6.07, 6.45) is 0. The minimum atomic E-state index is -0.963. The molecule has 1 aromatic rings. The van der Waals surface area contributed by atoms with Crippen molar-refractivity contribution < 1.29 is 19.4 Å². The molecule has 0 aliphatic heterocycles. The molecule has 1 amide bonds. The van der Waals surface area contributed by atoms with Crippen LogP contribution >= 0.6 is 0 Å². The first-order valence-electron chi connectivity index (χ1n) is 6.07. The summed E-state index contributed by atoms with van der Waals surface area (Å²) in [6, 6.07) is 6.18. The number of ether oxygens (including phenoxy) is 1. The van der Waals surface area contributed by atoms with Crippen molar-refractivity contribution >= 4 is 11.9 Å². The number of carboxylic acids is 1. The summed E-state index contributed by atoms with van der Waals surface area (Å²) >= 11 is 0. The molecule has 0 bridgehead atoms. The molecule has 0 fully saturated rings. The molecule has 6 heteroatoms. The minimum absolute atomic E-state index is 0.0479. The molecule has 0 heterocycles. The van der Waals surface area contributed by atoms with Gasteiger partial charge in [-0.2, -0.15) is 0 Å². The van der Waals surface area contributed by atoms with Crippen molar-refractivity contribution in [3.05, 3.63) is 29.8 Å². The number of aromatic carboxylic acids is 1. The normalized spacial score (nSPS) is 9.95. The van der Waals surface area contributed by atoms with Gasteiger partial charge in [0, 0.05) is 13.1 Å². The van der Waals surface area contributed by atoms with E-state index < -0.39 is 5.97 Å². The number of likely N-dealkylation sites (N-methyl/N-ethyl adjacent to an activating group) is 1. The van der Waals surface area contributed by atoms with Crippen LogP contribution < -0.4 is 15.4 Å². The summed E-state index contributed by atoms with van der Waals surface area (Å²) in [7, 11) is 0. The van der Waals surface area contributed by atoms with Crippen LogP contribution in [0.25, 0.3) is 0 Å². The van der Waals surface area contributed by atoms with Gasteiger partial charge in [0.05, 0.1) is 12.1 Å². The molecule has 3 N–H and O–H groups in total. The molecule has 0 aliphatic carbocycles. The predicted octanol–water partition coefficient (Wildman–Crippen LogP) is 0.489. The van der Waals surface area contributed by atoms with Crippen molar-refractivity contribution in [2.75, 3.05) is 26.2 Å². The van der Waals surface area contributed by atoms with E-state index in [4.69, 9.17) is 9.84 Å². The number of nitrogens with one attached hydrogen (secondary N) is 2. The maximum absolute atomic E-state index is 11.1. The molecule has 19 heavy (non-hydrogen) atoms. The van der Waals surface area contributed by atoms with E-state index in [2.05, 4.69) is 10.6 Å². The van der Waals surface area contributed by atoms with Gasteiger partial charge in [-0.25, -0.2) is 4.79 Å². The number of carbonyl (C=O) groups excluding carboxylic acids is 1. The van der Waals surface area contributed by atoms with Gasteiger partial charge in [-0.15, -0.1) is 0 Å². The van der Waals surface area contributed by atoms with Crippen LogP contribution in [0.4, 0.5) is 0 Å². The number of carbonyl (C=O) groups is 2. The van der Waals surface area contributed by atoms with Crippen molar-refractivity contribution in [3.63, 3.8) is 0 Å². The van der Waals surface area contributed by atoms with Crippen LogP contribution in [-0.4, -0.2) is 43.2 Å². The second-order valence-electron chi connectivity index (χ2n) is 3.81. The van der Waals surface area contributed by atoms with E-state index in [1.165, 1.54) is 12.1 Å². The molecule has 0 aliphatic rings. The summed E-state index contributed by atoms with van der Waals surface area (Å²) in [4.78, 5) is 21.7. The molecule has 0 spiro atoms. The second-order valence-corrected chi connectivity index (χ2v) is 3.81. The van der Waals surface area contributed by atoms with Gasteiger partial charge >= 0.3 is 5.97 Å². The molecule has 0 saturated carbocycles. The van der Waals surface area contributed by atoms with Crippen LogP contribution in [0.15, 0.2) is 24.3 Å².